The minimum atomic E-state index is -0.519. The van der Waals surface area contributed by atoms with Gasteiger partial charge in [0.1, 0.15) is 5.82 Å². The lowest BCUT2D eigenvalue weighted by molar-refractivity contribution is 0.322. The second kappa shape index (κ2) is 8.44. The minimum absolute atomic E-state index is 0.0353. The van der Waals surface area contributed by atoms with Crippen molar-refractivity contribution < 1.29 is 18.6 Å². The highest BCUT2D eigenvalue weighted by Gasteiger charge is 2.17. The molecule has 0 saturated heterocycles. The number of aromatic amines is 1. The van der Waals surface area contributed by atoms with Crippen LogP contribution in [0.25, 0.3) is 22.0 Å². The summed E-state index contributed by atoms with van der Waals surface area (Å²) in [6.45, 7) is 2.08. The normalized spacial score (nSPS) is 13.0. The number of nitrogens with one attached hydrogen (secondary N) is 1. The van der Waals surface area contributed by atoms with Gasteiger partial charge in [0, 0.05) is 28.2 Å². The van der Waals surface area contributed by atoms with Gasteiger partial charge in [-0.3, -0.25) is 0 Å². The maximum Gasteiger partial charge on any atom is 0.174 e. The van der Waals surface area contributed by atoms with Gasteiger partial charge >= 0.3 is 0 Å². The van der Waals surface area contributed by atoms with Crippen LogP contribution in [0.15, 0.2) is 48.4 Å². The van der Waals surface area contributed by atoms with Gasteiger partial charge in [0.15, 0.2) is 11.6 Å². The molecule has 0 unspecified atom stereocenters. The molecule has 1 aromatic heterocycles. The fourth-order valence-electron chi connectivity index (χ4n) is 2.85. The number of ether oxygens (including phenoxy) is 1. The number of halogens is 3. The van der Waals surface area contributed by atoms with E-state index in [4.69, 9.17) is 21.4 Å². The molecular weight excluding hydrogens is 372 g/mol. The Kier molecular flexibility index (Phi) is 6.01. The zero-order valence-electron chi connectivity index (χ0n) is 14.9. The fraction of sp³-hybridized carbons (Fsp3) is 0.238. The van der Waals surface area contributed by atoms with Crippen molar-refractivity contribution in [3.63, 3.8) is 0 Å². The first-order chi connectivity index (χ1) is 13.0. The van der Waals surface area contributed by atoms with Crippen molar-refractivity contribution in [2.75, 3.05) is 6.61 Å². The lowest BCUT2D eigenvalue weighted by Gasteiger charge is -2.12. The highest BCUT2D eigenvalue weighted by Crippen LogP contribution is 2.38. The lowest BCUT2D eigenvalue weighted by atomic mass is 9.94. The number of hydrogen-bond acceptors (Lipinski definition) is 2. The van der Waals surface area contributed by atoms with E-state index in [9.17, 15) is 8.78 Å². The van der Waals surface area contributed by atoms with Crippen LogP contribution in [-0.2, 0) is 0 Å². The molecule has 0 atom stereocenters. The van der Waals surface area contributed by atoms with Gasteiger partial charge in [-0.2, -0.15) is 0 Å². The van der Waals surface area contributed by atoms with Crippen molar-refractivity contribution in [1.82, 2.24) is 4.98 Å². The molecule has 27 heavy (non-hydrogen) atoms. The predicted octanol–water partition coefficient (Wildman–Crippen LogP) is 6.78. The van der Waals surface area contributed by atoms with E-state index in [1.54, 1.807) is 31.3 Å². The molecule has 1 heterocycles. The quantitative estimate of drug-likeness (QED) is 0.483. The van der Waals surface area contributed by atoms with E-state index in [1.165, 1.54) is 30.4 Å². The fourth-order valence-corrected chi connectivity index (χ4v) is 3.05. The Morgan fingerprint density at radius 1 is 1.19 bits per heavy atom. The zero-order chi connectivity index (χ0) is 19.4. The average Bonchev–Trinajstić information content (AvgIpc) is 3.01. The van der Waals surface area contributed by atoms with Crippen LogP contribution in [-0.4, -0.2) is 16.7 Å². The van der Waals surface area contributed by atoms with E-state index >= 15 is 0 Å². The van der Waals surface area contributed by atoms with Crippen LogP contribution in [0.3, 0.4) is 0 Å². The first-order valence-corrected chi connectivity index (χ1v) is 9.12. The molecule has 0 radical (unpaired) electrons. The Morgan fingerprint density at radius 2 is 1.96 bits per heavy atom. The Bertz CT molecular complexity index is 976. The SMILES string of the molecule is CCOc1c(Cl)ccc(-c2c[nH]c3cc(F)ccc23)c1F.OC=C1CCC1. The summed E-state index contributed by atoms with van der Waals surface area (Å²) in [4.78, 5) is 2.94. The summed E-state index contributed by atoms with van der Waals surface area (Å²) in [6.07, 6.45) is 6.38. The Morgan fingerprint density at radius 3 is 2.56 bits per heavy atom. The monoisotopic (exact) mass is 391 g/mol. The minimum Gasteiger partial charge on any atom is -0.516 e. The standard InChI is InChI=1S/C16H12ClF2NO.C5H8O/c1-2-21-16-13(17)6-5-11(15(16)19)12-8-20-14-7-9(18)3-4-10(12)14;6-4-5-2-1-3-5/h3-8,20H,2H2,1H3;4,6H,1-3H2. The number of aliphatic hydroxyl groups is 1. The molecule has 0 aliphatic heterocycles. The van der Waals surface area contributed by atoms with Crippen molar-refractivity contribution in [1.29, 1.82) is 0 Å². The third kappa shape index (κ3) is 4.08. The highest BCUT2D eigenvalue weighted by molar-refractivity contribution is 6.32. The molecule has 1 aliphatic carbocycles. The molecule has 1 aliphatic rings. The van der Waals surface area contributed by atoms with Crippen LogP contribution in [0.5, 0.6) is 5.75 Å². The first-order valence-electron chi connectivity index (χ1n) is 8.75. The van der Waals surface area contributed by atoms with Gasteiger partial charge in [-0.15, -0.1) is 0 Å². The van der Waals surface area contributed by atoms with E-state index < -0.39 is 5.82 Å². The number of benzene rings is 2. The van der Waals surface area contributed by atoms with Gasteiger partial charge in [-0.1, -0.05) is 11.6 Å². The van der Waals surface area contributed by atoms with Gasteiger partial charge in [-0.25, -0.2) is 8.78 Å². The van der Waals surface area contributed by atoms with Crippen LogP contribution in [0.4, 0.5) is 8.78 Å². The molecule has 3 aromatic rings. The smallest absolute Gasteiger partial charge is 0.174 e. The third-order valence-electron chi connectivity index (χ3n) is 4.45. The molecule has 0 amide bonds. The van der Waals surface area contributed by atoms with E-state index in [0.29, 0.717) is 23.3 Å². The Hall–Kier alpha value is -2.53. The van der Waals surface area contributed by atoms with Crippen LogP contribution in [0.1, 0.15) is 26.2 Å². The van der Waals surface area contributed by atoms with Crippen LogP contribution >= 0.6 is 11.6 Å². The molecule has 2 aromatic carbocycles. The molecule has 3 nitrogen and oxygen atoms in total. The molecule has 4 rings (SSSR count). The van der Waals surface area contributed by atoms with Crippen LogP contribution in [0.2, 0.25) is 5.02 Å². The van der Waals surface area contributed by atoms with Crippen molar-refractivity contribution in [2.45, 2.75) is 26.2 Å². The summed E-state index contributed by atoms with van der Waals surface area (Å²) in [5.41, 5.74) is 2.81. The second-order valence-electron chi connectivity index (χ2n) is 6.20. The molecule has 2 N–H and O–H groups in total. The summed E-state index contributed by atoms with van der Waals surface area (Å²) in [5, 5.41) is 9.19. The summed E-state index contributed by atoms with van der Waals surface area (Å²) in [7, 11) is 0. The van der Waals surface area contributed by atoms with Crippen molar-refractivity contribution in [3.8, 4) is 16.9 Å². The predicted molar refractivity (Wildman–Crippen MR) is 104 cm³/mol. The van der Waals surface area contributed by atoms with E-state index in [0.717, 1.165) is 18.2 Å². The first kappa shape index (κ1) is 19.2. The molecular formula is C21H20ClF2NO2. The Balaban J connectivity index is 0.000000299. The van der Waals surface area contributed by atoms with Gasteiger partial charge in [-0.05, 0) is 62.1 Å². The van der Waals surface area contributed by atoms with Gasteiger partial charge in [0.25, 0.3) is 0 Å². The average molecular weight is 392 g/mol. The molecule has 1 saturated carbocycles. The van der Waals surface area contributed by atoms with E-state index in [-0.39, 0.29) is 16.6 Å². The Labute approximate surface area is 161 Å². The molecule has 1 fully saturated rings. The summed E-state index contributed by atoms with van der Waals surface area (Å²) in [5.74, 6) is -0.829. The van der Waals surface area contributed by atoms with Crippen LogP contribution in [0, 0.1) is 11.6 Å². The van der Waals surface area contributed by atoms with Crippen molar-refractivity contribution in [3.05, 3.63) is 65.0 Å². The molecule has 0 bridgehead atoms. The summed E-state index contributed by atoms with van der Waals surface area (Å²) >= 11 is 5.96. The van der Waals surface area contributed by atoms with Crippen molar-refractivity contribution in [2.24, 2.45) is 0 Å². The summed E-state index contributed by atoms with van der Waals surface area (Å²) < 4.78 is 33.1. The maximum atomic E-state index is 14.6. The third-order valence-corrected chi connectivity index (χ3v) is 4.75. The second-order valence-corrected chi connectivity index (χ2v) is 6.61. The van der Waals surface area contributed by atoms with E-state index in [2.05, 4.69) is 4.98 Å². The number of fused-ring (bicyclic) bond motifs is 1. The van der Waals surface area contributed by atoms with E-state index in [1.807, 2.05) is 0 Å². The van der Waals surface area contributed by atoms with Crippen LogP contribution < -0.4 is 4.74 Å². The highest BCUT2D eigenvalue weighted by atomic mass is 35.5. The maximum absolute atomic E-state index is 14.6. The summed E-state index contributed by atoms with van der Waals surface area (Å²) in [6, 6.07) is 7.51. The zero-order valence-corrected chi connectivity index (χ0v) is 15.6. The molecule has 6 heteroatoms. The number of rotatable bonds is 3. The number of allylic oxidation sites excluding steroid dienone is 1. The number of aromatic nitrogens is 1. The number of hydrogen-bond donors (Lipinski definition) is 2. The molecule has 142 valence electrons. The molecule has 0 spiro atoms. The van der Waals surface area contributed by atoms with Gasteiger partial charge < -0.3 is 14.8 Å². The van der Waals surface area contributed by atoms with Gasteiger partial charge in [0.05, 0.1) is 17.9 Å². The topological polar surface area (TPSA) is 45.2 Å². The van der Waals surface area contributed by atoms with Crippen molar-refractivity contribution >= 4 is 22.5 Å². The number of H-pyrrole nitrogens is 1. The number of aliphatic hydroxyl groups excluding tert-OH is 1. The lowest BCUT2D eigenvalue weighted by Crippen LogP contribution is -1.97. The largest absolute Gasteiger partial charge is 0.516 e. The van der Waals surface area contributed by atoms with Gasteiger partial charge in [0.2, 0.25) is 0 Å².